The monoisotopic (exact) mass is 403 g/mol. The number of fused-ring (bicyclic) bond motifs is 1. The highest BCUT2D eigenvalue weighted by Gasteiger charge is 2.28. The number of nitrogens with one attached hydrogen (secondary N) is 2. The summed E-state index contributed by atoms with van der Waals surface area (Å²) in [6.07, 6.45) is -0.187. The smallest absolute Gasteiger partial charge is 0.261 e. The molecule has 0 aliphatic carbocycles. The number of anilines is 3. The zero-order valence-electron chi connectivity index (χ0n) is 15.7. The maximum Gasteiger partial charge on any atom is 0.261 e. The fourth-order valence-electron chi connectivity index (χ4n) is 2.96. The Kier molecular flexibility index (Phi) is 5.28. The molecule has 9 heteroatoms. The summed E-state index contributed by atoms with van der Waals surface area (Å²) in [6.45, 7) is 4.98. The second kappa shape index (κ2) is 7.51. The van der Waals surface area contributed by atoms with Gasteiger partial charge in [-0.15, -0.1) is 0 Å². The van der Waals surface area contributed by atoms with Crippen molar-refractivity contribution in [1.29, 1.82) is 0 Å². The highest BCUT2D eigenvalue weighted by Crippen LogP contribution is 2.36. The second-order valence-electron chi connectivity index (χ2n) is 6.56. The summed E-state index contributed by atoms with van der Waals surface area (Å²) in [5.74, 6) is 0.00992. The topological polar surface area (TPSA) is 105 Å². The lowest BCUT2D eigenvalue weighted by Crippen LogP contribution is -2.41. The molecule has 28 heavy (non-hydrogen) atoms. The van der Waals surface area contributed by atoms with Gasteiger partial charge in [0.05, 0.1) is 22.8 Å². The number of benzene rings is 2. The largest absolute Gasteiger partial charge is 0.487 e. The van der Waals surface area contributed by atoms with Crippen LogP contribution in [0.15, 0.2) is 47.4 Å². The Morgan fingerprint density at radius 2 is 1.82 bits per heavy atom. The van der Waals surface area contributed by atoms with Crippen LogP contribution < -0.4 is 19.7 Å². The third-order valence-corrected chi connectivity index (χ3v) is 5.49. The minimum atomic E-state index is -3.91. The Balaban J connectivity index is 1.92. The number of amides is 2. The number of hydrogen-bond acceptors (Lipinski definition) is 5. The lowest BCUT2D eigenvalue weighted by molar-refractivity contribution is -0.117. The molecule has 1 aliphatic heterocycles. The molecule has 2 aromatic carbocycles. The molecule has 0 spiro atoms. The van der Waals surface area contributed by atoms with E-state index in [4.69, 9.17) is 4.74 Å². The third-order valence-electron chi connectivity index (χ3n) is 4.11. The summed E-state index contributed by atoms with van der Waals surface area (Å²) in [4.78, 5) is 24.6. The summed E-state index contributed by atoms with van der Waals surface area (Å²) < 4.78 is 33.8. The van der Waals surface area contributed by atoms with Crippen LogP contribution in [0.4, 0.5) is 17.1 Å². The number of sulfonamides is 1. The molecule has 3 rings (SSSR count). The van der Waals surface area contributed by atoms with Crippen molar-refractivity contribution in [2.24, 2.45) is 0 Å². The van der Waals surface area contributed by atoms with Gasteiger partial charge in [0.1, 0.15) is 11.9 Å². The molecule has 8 nitrogen and oxygen atoms in total. The number of hydrogen-bond donors (Lipinski definition) is 2. The molecule has 1 heterocycles. The van der Waals surface area contributed by atoms with Gasteiger partial charge < -0.3 is 15.0 Å². The van der Waals surface area contributed by atoms with Gasteiger partial charge in [0.15, 0.2) is 0 Å². The van der Waals surface area contributed by atoms with Gasteiger partial charge in [-0.3, -0.25) is 14.3 Å². The fourth-order valence-corrected chi connectivity index (χ4v) is 4.03. The third kappa shape index (κ3) is 4.25. The molecule has 0 aromatic heterocycles. The van der Waals surface area contributed by atoms with E-state index in [0.717, 1.165) is 0 Å². The van der Waals surface area contributed by atoms with Crippen molar-refractivity contribution in [3.63, 3.8) is 0 Å². The first-order chi connectivity index (χ1) is 13.2. The Morgan fingerprint density at radius 3 is 2.50 bits per heavy atom. The van der Waals surface area contributed by atoms with Crippen LogP contribution in [-0.2, 0) is 19.6 Å². The van der Waals surface area contributed by atoms with E-state index < -0.39 is 10.0 Å². The fraction of sp³-hybridized carbons (Fsp3) is 0.263. The van der Waals surface area contributed by atoms with Crippen molar-refractivity contribution in [1.82, 2.24) is 0 Å². The van der Waals surface area contributed by atoms with Gasteiger partial charge in [0.2, 0.25) is 11.8 Å². The van der Waals surface area contributed by atoms with Gasteiger partial charge in [-0.1, -0.05) is 6.07 Å². The number of nitrogens with zero attached hydrogens (tertiary/aromatic N) is 1. The Bertz CT molecular complexity index is 1040. The van der Waals surface area contributed by atoms with Gasteiger partial charge in [0.25, 0.3) is 10.0 Å². The summed E-state index contributed by atoms with van der Waals surface area (Å²) >= 11 is 0. The van der Waals surface area contributed by atoms with Crippen LogP contribution in [0, 0.1) is 0 Å². The van der Waals surface area contributed by atoms with E-state index in [1.807, 2.05) is 6.92 Å². The summed E-state index contributed by atoms with van der Waals surface area (Å²) in [5.41, 5.74) is 1.20. The highest BCUT2D eigenvalue weighted by molar-refractivity contribution is 7.92. The molecule has 1 unspecified atom stereocenters. The average molecular weight is 403 g/mol. The molecular weight excluding hydrogens is 382 g/mol. The van der Waals surface area contributed by atoms with Crippen LogP contribution in [0.25, 0.3) is 0 Å². The maximum absolute atomic E-state index is 12.8. The molecule has 148 valence electrons. The zero-order valence-corrected chi connectivity index (χ0v) is 16.5. The molecule has 2 N–H and O–H groups in total. The van der Waals surface area contributed by atoms with Gasteiger partial charge in [-0.2, -0.15) is 0 Å². The van der Waals surface area contributed by atoms with E-state index in [1.165, 1.54) is 36.9 Å². The predicted molar refractivity (Wildman–Crippen MR) is 106 cm³/mol. The number of rotatable bonds is 4. The SMILES string of the molecule is CC(=O)Nc1cccc(NS(=O)(=O)c2ccc3c(c2)N(C(C)=O)CC(C)O3)c1. The molecule has 0 saturated heterocycles. The molecule has 2 aromatic rings. The molecule has 1 aliphatic rings. The quantitative estimate of drug-likeness (QED) is 0.816. The van der Waals surface area contributed by atoms with Crippen LogP contribution in [0.3, 0.4) is 0 Å². The number of ether oxygens (including phenoxy) is 1. The first-order valence-corrected chi connectivity index (χ1v) is 10.1. The number of carbonyl (C=O) groups excluding carboxylic acids is 2. The van der Waals surface area contributed by atoms with Crippen LogP contribution in [-0.4, -0.2) is 32.9 Å². The van der Waals surface area contributed by atoms with Crippen molar-refractivity contribution in [2.45, 2.75) is 31.8 Å². The Hall–Kier alpha value is -3.07. The van der Waals surface area contributed by atoms with Gasteiger partial charge in [-0.25, -0.2) is 8.42 Å². The summed E-state index contributed by atoms with van der Waals surface area (Å²) in [6, 6.07) is 10.8. The normalized spacial score (nSPS) is 16.0. The first kappa shape index (κ1) is 19.7. The molecule has 0 saturated carbocycles. The molecule has 0 fully saturated rings. The van der Waals surface area contributed by atoms with Crippen molar-refractivity contribution in [3.8, 4) is 5.75 Å². The second-order valence-corrected chi connectivity index (χ2v) is 8.24. The lowest BCUT2D eigenvalue weighted by Gasteiger charge is -2.33. The van der Waals surface area contributed by atoms with E-state index in [1.54, 1.807) is 24.3 Å². The first-order valence-electron chi connectivity index (χ1n) is 8.65. The maximum atomic E-state index is 12.8. The van der Waals surface area contributed by atoms with Gasteiger partial charge in [-0.05, 0) is 43.3 Å². The molecule has 2 amide bonds. The Labute approximate surface area is 163 Å². The highest BCUT2D eigenvalue weighted by atomic mass is 32.2. The van der Waals surface area contributed by atoms with Gasteiger partial charge in [0, 0.05) is 19.5 Å². The minimum absolute atomic E-state index is 0.000540. The number of carbonyl (C=O) groups is 2. The van der Waals surface area contributed by atoms with Crippen molar-refractivity contribution in [3.05, 3.63) is 42.5 Å². The van der Waals surface area contributed by atoms with Crippen LogP contribution in [0.2, 0.25) is 0 Å². The average Bonchev–Trinajstić information content (AvgIpc) is 2.59. The van der Waals surface area contributed by atoms with Crippen LogP contribution in [0.5, 0.6) is 5.75 Å². The molecular formula is C19H21N3O5S. The molecule has 0 radical (unpaired) electrons. The van der Waals surface area contributed by atoms with Gasteiger partial charge >= 0.3 is 0 Å². The lowest BCUT2D eigenvalue weighted by atomic mass is 10.2. The summed E-state index contributed by atoms with van der Waals surface area (Å²) in [5, 5.41) is 2.60. The molecule has 0 bridgehead atoms. The van der Waals surface area contributed by atoms with Crippen LogP contribution in [0.1, 0.15) is 20.8 Å². The van der Waals surface area contributed by atoms with Crippen molar-refractivity contribution < 1.29 is 22.7 Å². The summed E-state index contributed by atoms with van der Waals surface area (Å²) in [7, 11) is -3.91. The van der Waals surface area contributed by atoms with Crippen molar-refractivity contribution >= 4 is 38.9 Å². The van der Waals surface area contributed by atoms with E-state index in [2.05, 4.69) is 10.0 Å². The predicted octanol–water partition coefficient (Wildman–Crippen LogP) is 2.58. The van der Waals surface area contributed by atoms with E-state index in [9.17, 15) is 18.0 Å². The molecule has 1 atom stereocenters. The Morgan fingerprint density at radius 1 is 1.11 bits per heavy atom. The van der Waals surface area contributed by atoms with E-state index in [0.29, 0.717) is 29.4 Å². The minimum Gasteiger partial charge on any atom is -0.487 e. The van der Waals surface area contributed by atoms with E-state index >= 15 is 0 Å². The van der Waals surface area contributed by atoms with Crippen molar-refractivity contribution in [2.75, 3.05) is 21.5 Å². The standard InChI is InChI=1S/C19H21N3O5S/c1-12-11-22(14(3)24)18-10-17(7-8-19(18)27-12)28(25,26)21-16-6-4-5-15(9-16)20-13(2)23/h4-10,12,21H,11H2,1-3H3,(H,20,23). The van der Waals surface area contributed by atoms with E-state index in [-0.39, 0.29) is 22.8 Å². The van der Waals surface area contributed by atoms with Crippen LogP contribution >= 0.6 is 0 Å². The zero-order chi connectivity index (χ0) is 20.5.